The average molecular weight is 317 g/mol. The van der Waals surface area contributed by atoms with Gasteiger partial charge in [-0.15, -0.1) is 13.2 Å². The van der Waals surface area contributed by atoms with E-state index in [-0.39, 0.29) is 11.7 Å². The average Bonchev–Trinajstić information content (AvgIpc) is 2.47. The number of nitrogens with two attached hydrogens (primary N) is 1. The molecule has 1 aliphatic rings. The molecule has 0 aromatic heterocycles. The highest BCUT2D eigenvalue weighted by Crippen LogP contribution is 2.23. The highest BCUT2D eigenvalue weighted by Gasteiger charge is 2.31. The van der Waals surface area contributed by atoms with Gasteiger partial charge in [-0.25, -0.2) is 0 Å². The Balaban J connectivity index is 1.93. The number of alkyl halides is 3. The number of hydrogen-bond donors (Lipinski definition) is 1. The van der Waals surface area contributed by atoms with Crippen molar-refractivity contribution >= 4 is 5.91 Å². The molecule has 8 heteroatoms. The fourth-order valence-corrected chi connectivity index (χ4v) is 2.34. The summed E-state index contributed by atoms with van der Waals surface area (Å²) in [5.74, 6) is -0.525. The summed E-state index contributed by atoms with van der Waals surface area (Å²) in [5.41, 5.74) is 5.84. The molecule has 1 heterocycles. The van der Waals surface area contributed by atoms with Gasteiger partial charge >= 0.3 is 6.36 Å². The molecule has 1 aliphatic heterocycles. The van der Waals surface area contributed by atoms with Gasteiger partial charge in [0, 0.05) is 44.8 Å². The van der Waals surface area contributed by atoms with Crippen molar-refractivity contribution < 1.29 is 22.7 Å². The second kappa shape index (κ2) is 6.97. The maximum absolute atomic E-state index is 12.3. The number of ether oxygens (including phenoxy) is 1. The van der Waals surface area contributed by atoms with Gasteiger partial charge in [0.25, 0.3) is 5.91 Å². The van der Waals surface area contributed by atoms with Crippen LogP contribution in [0.2, 0.25) is 0 Å². The molecule has 2 N–H and O–H groups in total. The van der Waals surface area contributed by atoms with Gasteiger partial charge in [-0.3, -0.25) is 9.69 Å². The van der Waals surface area contributed by atoms with Crippen LogP contribution in [-0.4, -0.2) is 61.3 Å². The molecule has 1 aromatic rings. The van der Waals surface area contributed by atoms with Crippen molar-refractivity contribution in [1.29, 1.82) is 0 Å². The molecule has 1 fully saturated rings. The predicted octanol–water partition coefficient (Wildman–Crippen LogP) is 1.30. The predicted molar refractivity (Wildman–Crippen MR) is 74.5 cm³/mol. The van der Waals surface area contributed by atoms with Crippen molar-refractivity contribution in [2.45, 2.75) is 6.36 Å². The molecule has 0 saturated carbocycles. The molecule has 0 radical (unpaired) electrons. The van der Waals surface area contributed by atoms with Gasteiger partial charge < -0.3 is 15.4 Å². The van der Waals surface area contributed by atoms with E-state index in [0.29, 0.717) is 25.2 Å². The lowest BCUT2D eigenvalue weighted by Crippen LogP contribution is -2.49. The van der Waals surface area contributed by atoms with Crippen molar-refractivity contribution in [3.63, 3.8) is 0 Å². The fourth-order valence-electron chi connectivity index (χ4n) is 2.34. The summed E-state index contributed by atoms with van der Waals surface area (Å²) < 4.78 is 40.0. The van der Waals surface area contributed by atoms with Gasteiger partial charge in [0.05, 0.1) is 0 Å². The van der Waals surface area contributed by atoms with Gasteiger partial charge in [0.2, 0.25) is 0 Å². The van der Waals surface area contributed by atoms with Gasteiger partial charge in [0.1, 0.15) is 5.75 Å². The second-order valence-electron chi connectivity index (χ2n) is 4.99. The van der Waals surface area contributed by atoms with Crippen LogP contribution in [0.15, 0.2) is 24.3 Å². The number of rotatable bonds is 4. The van der Waals surface area contributed by atoms with Crippen LogP contribution in [0.25, 0.3) is 0 Å². The summed E-state index contributed by atoms with van der Waals surface area (Å²) in [4.78, 5) is 16.1. The van der Waals surface area contributed by atoms with Crippen molar-refractivity contribution in [2.75, 3.05) is 39.3 Å². The lowest BCUT2D eigenvalue weighted by molar-refractivity contribution is -0.274. The lowest BCUT2D eigenvalue weighted by Gasteiger charge is -2.34. The van der Waals surface area contributed by atoms with E-state index in [1.807, 2.05) is 0 Å². The SMILES string of the molecule is NCCN1CCN(C(=O)c2ccc(OC(F)(F)F)cc2)CC1. The van der Waals surface area contributed by atoms with Crippen LogP contribution in [-0.2, 0) is 0 Å². The minimum absolute atomic E-state index is 0.189. The third-order valence-corrected chi connectivity index (χ3v) is 3.44. The van der Waals surface area contributed by atoms with Crippen LogP contribution in [0.1, 0.15) is 10.4 Å². The second-order valence-corrected chi connectivity index (χ2v) is 4.99. The Hall–Kier alpha value is -1.80. The molecule has 122 valence electrons. The Morgan fingerprint density at radius 3 is 2.23 bits per heavy atom. The molecule has 1 saturated heterocycles. The summed E-state index contributed by atoms with van der Waals surface area (Å²) >= 11 is 0. The van der Waals surface area contributed by atoms with E-state index in [4.69, 9.17) is 5.73 Å². The van der Waals surface area contributed by atoms with Gasteiger partial charge in [-0.1, -0.05) is 0 Å². The molecule has 0 atom stereocenters. The van der Waals surface area contributed by atoms with Crippen molar-refractivity contribution in [3.05, 3.63) is 29.8 Å². The molecular formula is C14H18F3N3O2. The maximum atomic E-state index is 12.3. The number of benzene rings is 1. The highest BCUT2D eigenvalue weighted by atomic mass is 19.4. The van der Waals surface area contributed by atoms with Crippen LogP contribution in [0.3, 0.4) is 0 Å². The standard InChI is InChI=1S/C14H18F3N3O2/c15-14(16,17)22-12-3-1-11(2-4-12)13(21)20-9-7-19(6-5-18)8-10-20/h1-4H,5-10,18H2. The van der Waals surface area contributed by atoms with Gasteiger partial charge in [-0.05, 0) is 24.3 Å². The first-order chi connectivity index (χ1) is 10.4. The maximum Gasteiger partial charge on any atom is 0.573 e. The fraction of sp³-hybridized carbons (Fsp3) is 0.500. The van der Waals surface area contributed by atoms with Crippen LogP contribution < -0.4 is 10.5 Å². The third kappa shape index (κ3) is 4.60. The third-order valence-electron chi connectivity index (χ3n) is 3.44. The first-order valence-electron chi connectivity index (χ1n) is 6.96. The monoisotopic (exact) mass is 317 g/mol. The van der Waals surface area contributed by atoms with E-state index in [2.05, 4.69) is 9.64 Å². The first kappa shape index (κ1) is 16.6. The molecule has 2 rings (SSSR count). The summed E-state index contributed by atoms with van der Waals surface area (Å²) in [6, 6.07) is 4.97. The Morgan fingerprint density at radius 1 is 1.14 bits per heavy atom. The van der Waals surface area contributed by atoms with E-state index in [1.165, 1.54) is 12.1 Å². The van der Waals surface area contributed by atoms with Crippen LogP contribution in [0.5, 0.6) is 5.75 Å². The summed E-state index contributed by atoms with van der Waals surface area (Å²) in [6.45, 7) is 4.04. The molecular weight excluding hydrogens is 299 g/mol. The molecule has 22 heavy (non-hydrogen) atoms. The minimum atomic E-state index is -4.73. The van der Waals surface area contributed by atoms with E-state index >= 15 is 0 Å². The normalized spacial score (nSPS) is 16.6. The van der Waals surface area contributed by atoms with Crippen molar-refractivity contribution in [2.24, 2.45) is 5.73 Å². The first-order valence-corrected chi connectivity index (χ1v) is 6.96. The van der Waals surface area contributed by atoms with Crippen molar-refractivity contribution in [1.82, 2.24) is 9.80 Å². The Bertz CT molecular complexity index is 497. The summed E-state index contributed by atoms with van der Waals surface area (Å²) in [5, 5.41) is 0. The largest absolute Gasteiger partial charge is 0.573 e. The Morgan fingerprint density at radius 2 is 1.73 bits per heavy atom. The van der Waals surface area contributed by atoms with Crippen LogP contribution >= 0.6 is 0 Å². The number of hydrogen-bond acceptors (Lipinski definition) is 4. The van der Waals surface area contributed by atoms with Crippen molar-refractivity contribution in [3.8, 4) is 5.75 Å². The van der Waals surface area contributed by atoms with E-state index in [0.717, 1.165) is 31.8 Å². The molecule has 1 amide bonds. The highest BCUT2D eigenvalue weighted by molar-refractivity contribution is 5.94. The number of piperazine rings is 1. The molecule has 0 unspecified atom stereocenters. The number of carbonyl (C=O) groups is 1. The summed E-state index contributed by atoms with van der Waals surface area (Å²) in [6.07, 6.45) is -4.73. The lowest BCUT2D eigenvalue weighted by atomic mass is 10.1. The zero-order valence-corrected chi connectivity index (χ0v) is 12.0. The Labute approximate surface area is 126 Å². The molecule has 1 aromatic carbocycles. The molecule has 0 aliphatic carbocycles. The quantitative estimate of drug-likeness (QED) is 0.909. The molecule has 0 bridgehead atoms. The van der Waals surface area contributed by atoms with Crippen LogP contribution in [0.4, 0.5) is 13.2 Å². The van der Waals surface area contributed by atoms with E-state index in [1.54, 1.807) is 4.90 Å². The van der Waals surface area contributed by atoms with Gasteiger partial charge in [0.15, 0.2) is 0 Å². The van der Waals surface area contributed by atoms with Gasteiger partial charge in [-0.2, -0.15) is 0 Å². The zero-order chi connectivity index (χ0) is 16.2. The number of carbonyl (C=O) groups excluding carboxylic acids is 1. The summed E-state index contributed by atoms with van der Waals surface area (Å²) in [7, 11) is 0. The number of nitrogens with zero attached hydrogens (tertiary/aromatic N) is 2. The Kier molecular flexibility index (Phi) is 5.25. The zero-order valence-electron chi connectivity index (χ0n) is 12.0. The number of amides is 1. The van der Waals surface area contributed by atoms with E-state index in [9.17, 15) is 18.0 Å². The van der Waals surface area contributed by atoms with Crippen LogP contribution in [0, 0.1) is 0 Å². The molecule has 0 spiro atoms. The number of halogens is 3. The topological polar surface area (TPSA) is 58.8 Å². The minimum Gasteiger partial charge on any atom is -0.406 e. The smallest absolute Gasteiger partial charge is 0.406 e. The van der Waals surface area contributed by atoms with E-state index < -0.39 is 6.36 Å². The molecule has 5 nitrogen and oxygen atoms in total.